The zero-order chi connectivity index (χ0) is 14.4. The molecule has 0 spiro atoms. The number of ketones is 1. The fourth-order valence-electron chi connectivity index (χ4n) is 2.63. The number of nitrogens with zero attached hydrogens (tertiary/aromatic N) is 1. The summed E-state index contributed by atoms with van der Waals surface area (Å²) in [5, 5.41) is 8.98. The van der Waals surface area contributed by atoms with Gasteiger partial charge in [-0.2, -0.15) is 0 Å². The Morgan fingerprint density at radius 2 is 1.95 bits per heavy atom. The first-order chi connectivity index (χ1) is 9.70. The molecule has 0 heterocycles. The predicted molar refractivity (Wildman–Crippen MR) is 81.0 cm³/mol. The van der Waals surface area contributed by atoms with Crippen LogP contribution in [0.3, 0.4) is 0 Å². The van der Waals surface area contributed by atoms with E-state index in [0.717, 1.165) is 25.1 Å². The molecule has 1 aliphatic rings. The van der Waals surface area contributed by atoms with E-state index in [1.807, 2.05) is 31.2 Å². The van der Waals surface area contributed by atoms with E-state index in [9.17, 15) is 4.79 Å². The number of aryl methyl sites for hydroxylation is 1. The largest absolute Gasteiger partial charge is 0.396 e. The van der Waals surface area contributed by atoms with Crippen LogP contribution in [0.2, 0.25) is 0 Å². The minimum atomic E-state index is 0.221. The molecule has 1 aromatic carbocycles. The molecule has 0 aliphatic heterocycles. The van der Waals surface area contributed by atoms with Gasteiger partial charge in [0.2, 0.25) is 0 Å². The molecule has 3 heteroatoms. The molecule has 2 rings (SSSR count). The van der Waals surface area contributed by atoms with E-state index in [2.05, 4.69) is 4.90 Å². The van der Waals surface area contributed by atoms with Gasteiger partial charge in [0.15, 0.2) is 5.78 Å². The van der Waals surface area contributed by atoms with Gasteiger partial charge < -0.3 is 5.11 Å². The maximum atomic E-state index is 12.2. The van der Waals surface area contributed by atoms with Gasteiger partial charge in [-0.05, 0) is 26.2 Å². The zero-order valence-electron chi connectivity index (χ0n) is 12.3. The Morgan fingerprint density at radius 1 is 1.25 bits per heavy atom. The maximum absolute atomic E-state index is 12.2. The molecule has 0 atom stereocenters. The van der Waals surface area contributed by atoms with Crippen molar-refractivity contribution in [3.05, 3.63) is 35.4 Å². The number of hydrogen-bond donors (Lipinski definition) is 1. The Morgan fingerprint density at radius 3 is 2.50 bits per heavy atom. The molecule has 1 aromatic rings. The molecule has 0 saturated heterocycles. The molecule has 0 amide bonds. The summed E-state index contributed by atoms with van der Waals surface area (Å²) in [6, 6.07) is 8.44. The van der Waals surface area contributed by atoms with E-state index >= 15 is 0 Å². The zero-order valence-corrected chi connectivity index (χ0v) is 12.3. The lowest BCUT2D eigenvalue weighted by molar-refractivity contribution is 0.0887. The average Bonchev–Trinajstić information content (AvgIpc) is 2.40. The molecule has 20 heavy (non-hydrogen) atoms. The normalized spacial score (nSPS) is 15.3. The van der Waals surface area contributed by atoms with E-state index in [1.54, 1.807) is 0 Å². The molecule has 0 aromatic heterocycles. The molecule has 1 aliphatic carbocycles. The highest BCUT2D eigenvalue weighted by atomic mass is 16.3. The summed E-state index contributed by atoms with van der Waals surface area (Å²) in [5.74, 6) is 0.221. The Balaban J connectivity index is 1.84. The predicted octanol–water partition coefficient (Wildman–Crippen LogP) is 2.80. The van der Waals surface area contributed by atoms with Crippen LogP contribution < -0.4 is 0 Å². The first-order valence-electron chi connectivity index (χ1n) is 7.65. The maximum Gasteiger partial charge on any atom is 0.164 e. The molecule has 1 fully saturated rings. The number of carbonyl (C=O) groups excluding carboxylic acids is 1. The van der Waals surface area contributed by atoms with Crippen molar-refractivity contribution in [1.29, 1.82) is 0 Å². The second-order valence-corrected chi connectivity index (χ2v) is 5.74. The van der Waals surface area contributed by atoms with Crippen LogP contribution in [0, 0.1) is 6.92 Å². The molecule has 0 bridgehead atoms. The highest BCUT2D eigenvalue weighted by Crippen LogP contribution is 2.25. The summed E-state index contributed by atoms with van der Waals surface area (Å²) in [5.41, 5.74) is 1.99. The lowest BCUT2D eigenvalue weighted by Gasteiger charge is -2.37. The van der Waals surface area contributed by atoms with Crippen LogP contribution in [0.5, 0.6) is 0 Å². The summed E-state index contributed by atoms with van der Waals surface area (Å²) in [7, 11) is 0. The minimum Gasteiger partial charge on any atom is -0.396 e. The Labute approximate surface area is 121 Å². The third-order valence-electron chi connectivity index (χ3n) is 4.19. The van der Waals surface area contributed by atoms with Gasteiger partial charge in [0.05, 0.1) is 0 Å². The van der Waals surface area contributed by atoms with Gasteiger partial charge in [-0.25, -0.2) is 0 Å². The quantitative estimate of drug-likeness (QED) is 0.742. The number of aliphatic hydroxyl groups excluding tert-OH is 1. The number of hydrogen-bond acceptors (Lipinski definition) is 3. The number of Topliss-reactive ketones (excluding diaryl/α,β-unsaturated/α-hetero) is 1. The Kier molecular flexibility index (Phi) is 5.74. The van der Waals surface area contributed by atoms with Crippen molar-refractivity contribution >= 4 is 5.78 Å². The van der Waals surface area contributed by atoms with Crippen LogP contribution in [0.1, 0.15) is 48.0 Å². The van der Waals surface area contributed by atoms with Crippen molar-refractivity contribution in [2.45, 2.75) is 45.1 Å². The van der Waals surface area contributed by atoms with Gasteiger partial charge in [-0.3, -0.25) is 9.69 Å². The molecular formula is C17H25NO2. The smallest absolute Gasteiger partial charge is 0.164 e. The highest BCUT2D eigenvalue weighted by molar-refractivity contribution is 5.96. The molecular weight excluding hydrogens is 250 g/mol. The Bertz CT molecular complexity index is 423. The first kappa shape index (κ1) is 15.2. The molecule has 3 nitrogen and oxygen atoms in total. The van der Waals surface area contributed by atoms with Gasteiger partial charge in [-0.1, -0.05) is 36.2 Å². The summed E-state index contributed by atoms with van der Waals surface area (Å²) < 4.78 is 0. The van der Waals surface area contributed by atoms with Crippen LogP contribution in [0.15, 0.2) is 24.3 Å². The van der Waals surface area contributed by atoms with Crippen LogP contribution in [0.4, 0.5) is 0 Å². The standard InChI is InChI=1S/C17H25NO2/c1-14-6-8-15(9-7-14)17(20)10-12-18(11-3-13-19)16-4-2-5-16/h6-9,16,19H,2-5,10-13H2,1H3. The SMILES string of the molecule is Cc1ccc(C(=O)CCN(CCCO)C2CCC2)cc1. The highest BCUT2D eigenvalue weighted by Gasteiger charge is 2.24. The minimum absolute atomic E-state index is 0.221. The van der Waals surface area contributed by atoms with Crippen molar-refractivity contribution in [3.8, 4) is 0 Å². The van der Waals surface area contributed by atoms with Gasteiger partial charge in [-0.15, -0.1) is 0 Å². The van der Waals surface area contributed by atoms with Crippen LogP contribution in [-0.2, 0) is 0 Å². The van der Waals surface area contributed by atoms with Crippen molar-refractivity contribution in [2.24, 2.45) is 0 Å². The third-order valence-corrected chi connectivity index (χ3v) is 4.19. The Hall–Kier alpha value is -1.19. The summed E-state index contributed by atoms with van der Waals surface area (Å²) >= 11 is 0. The lowest BCUT2D eigenvalue weighted by atomic mass is 9.91. The number of carbonyl (C=O) groups is 1. The number of benzene rings is 1. The third kappa shape index (κ3) is 4.15. The van der Waals surface area contributed by atoms with Crippen LogP contribution >= 0.6 is 0 Å². The van der Waals surface area contributed by atoms with Gasteiger partial charge in [0.25, 0.3) is 0 Å². The van der Waals surface area contributed by atoms with Crippen molar-refractivity contribution in [3.63, 3.8) is 0 Å². The first-order valence-corrected chi connectivity index (χ1v) is 7.65. The van der Waals surface area contributed by atoms with Gasteiger partial charge in [0.1, 0.15) is 0 Å². The van der Waals surface area contributed by atoms with Crippen molar-refractivity contribution in [2.75, 3.05) is 19.7 Å². The van der Waals surface area contributed by atoms with E-state index < -0.39 is 0 Å². The van der Waals surface area contributed by atoms with Crippen molar-refractivity contribution in [1.82, 2.24) is 4.90 Å². The summed E-state index contributed by atoms with van der Waals surface area (Å²) in [6.07, 6.45) is 5.15. The van der Waals surface area contributed by atoms with E-state index in [-0.39, 0.29) is 12.4 Å². The van der Waals surface area contributed by atoms with E-state index in [1.165, 1.54) is 24.8 Å². The molecule has 0 radical (unpaired) electrons. The second-order valence-electron chi connectivity index (χ2n) is 5.74. The van der Waals surface area contributed by atoms with Gasteiger partial charge in [0, 0.05) is 37.7 Å². The average molecular weight is 275 g/mol. The summed E-state index contributed by atoms with van der Waals surface area (Å²) in [4.78, 5) is 14.6. The fraction of sp³-hybridized carbons (Fsp3) is 0.588. The number of aliphatic hydroxyl groups is 1. The van der Waals surface area contributed by atoms with E-state index in [4.69, 9.17) is 5.11 Å². The monoisotopic (exact) mass is 275 g/mol. The van der Waals surface area contributed by atoms with Crippen LogP contribution in [-0.4, -0.2) is 41.5 Å². The molecule has 1 saturated carbocycles. The number of rotatable bonds is 8. The van der Waals surface area contributed by atoms with E-state index in [0.29, 0.717) is 12.5 Å². The summed E-state index contributed by atoms with van der Waals surface area (Å²) in [6.45, 7) is 3.98. The topological polar surface area (TPSA) is 40.5 Å². The molecule has 1 N–H and O–H groups in total. The second kappa shape index (κ2) is 7.55. The molecule has 0 unspecified atom stereocenters. The molecule has 110 valence electrons. The lowest BCUT2D eigenvalue weighted by Crippen LogP contribution is -2.42. The van der Waals surface area contributed by atoms with Crippen LogP contribution in [0.25, 0.3) is 0 Å². The van der Waals surface area contributed by atoms with Gasteiger partial charge >= 0.3 is 0 Å². The fourth-order valence-corrected chi connectivity index (χ4v) is 2.63. The van der Waals surface area contributed by atoms with Crippen molar-refractivity contribution < 1.29 is 9.90 Å².